The number of nitrogens with zero attached hydrogens (tertiary/aromatic N) is 3. The quantitative estimate of drug-likeness (QED) is 0.829. The van der Waals surface area contributed by atoms with Gasteiger partial charge in [-0.2, -0.15) is 0 Å². The van der Waals surface area contributed by atoms with Gasteiger partial charge in [-0.1, -0.05) is 18.1 Å². The Hall–Kier alpha value is -1.40. The monoisotopic (exact) mass is 266 g/mol. The molecule has 98 valence electrons. The molecule has 0 saturated heterocycles. The third-order valence-electron chi connectivity index (χ3n) is 2.58. The third kappa shape index (κ3) is 3.54. The first kappa shape index (κ1) is 13.0. The van der Waals surface area contributed by atoms with Crippen LogP contribution in [0.25, 0.3) is 0 Å². The maximum absolute atomic E-state index is 5.56. The average Bonchev–Trinajstić information content (AvgIpc) is 3.04. The van der Waals surface area contributed by atoms with Crippen LogP contribution in [0.4, 0.5) is 6.01 Å². The van der Waals surface area contributed by atoms with Gasteiger partial charge in [0.25, 0.3) is 0 Å². The topological polar surface area (TPSA) is 54.2 Å². The lowest BCUT2D eigenvalue weighted by atomic mass is 10.3. The van der Waals surface area contributed by atoms with Crippen LogP contribution in [0.3, 0.4) is 0 Å². The van der Waals surface area contributed by atoms with Gasteiger partial charge in [-0.15, -0.1) is 16.4 Å². The molecule has 0 amide bonds. The van der Waals surface area contributed by atoms with Crippen molar-refractivity contribution in [3.63, 3.8) is 0 Å². The van der Waals surface area contributed by atoms with Gasteiger partial charge in [-0.3, -0.25) is 0 Å². The summed E-state index contributed by atoms with van der Waals surface area (Å²) in [5.41, 5.74) is 0. The molecule has 18 heavy (non-hydrogen) atoms. The van der Waals surface area contributed by atoms with Crippen molar-refractivity contribution < 1.29 is 4.42 Å². The maximum Gasteiger partial charge on any atom is 0.317 e. The Morgan fingerprint density at radius 3 is 3.06 bits per heavy atom. The minimum atomic E-state index is 0.583. The first-order valence-electron chi connectivity index (χ1n) is 6.06. The van der Waals surface area contributed by atoms with E-state index < -0.39 is 0 Å². The molecule has 0 atom stereocenters. The van der Waals surface area contributed by atoms with Gasteiger partial charge in [-0.25, -0.2) is 0 Å². The summed E-state index contributed by atoms with van der Waals surface area (Å²) >= 11 is 1.77. The molecule has 0 unspecified atom stereocenters. The summed E-state index contributed by atoms with van der Waals surface area (Å²) in [6, 6.07) is 4.80. The van der Waals surface area contributed by atoms with E-state index in [0.29, 0.717) is 18.5 Å². The number of hydrogen-bond donors (Lipinski definition) is 1. The van der Waals surface area contributed by atoms with Crippen molar-refractivity contribution in [1.29, 1.82) is 0 Å². The van der Waals surface area contributed by atoms with Crippen LogP contribution in [0.1, 0.15) is 17.7 Å². The van der Waals surface area contributed by atoms with Crippen molar-refractivity contribution >= 4 is 17.4 Å². The average molecular weight is 266 g/mol. The molecule has 2 heterocycles. The molecule has 0 aliphatic rings. The predicted octanol–water partition coefficient (Wildman–Crippen LogP) is 1.92. The van der Waals surface area contributed by atoms with Crippen molar-refractivity contribution in [3.05, 3.63) is 28.3 Å². The predicted molar refractivity (Wildman–Crippen MR) is 73.0 cm³/mol. The van der Waals surface area contributed by atoms with E-state index in [1.54, 1.807) is 11.3 Å². The summed E-state index contributed by atoms with van der Waals surface area (Å²) in [5.74, 6) is 0.634. The molecule has 0 radical (unpaired) electrons. The highest BCUT2D eigenvalue weighted by Gasteiger charge is 2.10. The van der Waals surface area contributed by atoms with Gasteiger partial charge < -0.3 is 14.6 Å². The Bertz CT molecular complexity index is 454. The number of nitrogens with one attached hydrogen (secondary N) is 1. The SMILES string of the molecule is CCNCc1nnc(N(C)CCc2cccs2)o1. The van der Waals surface area contributed by atoms with E-state index in [2.05, 4.69) is 33.0 Å². The molecule has 0 fully saturated rings. The molecule has 0 aliphatic carbocycles. The molecule has 2 aromatic rings. The Labute approximate surface area is 111 Å². The molecule has 2 aromatic heterocycles. The second kappa shape index (κ2) is 6.51. The normalized spacial score (nSPS) is 10.8. The van der Waals surface area contributed by atoms with Crippen molar-refractivity contribution in [2.45, 2.75) is 19.9 Å². The minimum absolute atomic E-state index is 0.583. The van der Waals surface area contributed by atoms with E-state index in [9.17, 15) is 0 Å². The van der Waals surface area contributed by atoms with Crippen molar-refractivity contribution in [2.24, 2.45) is 0 Å². The Morgan fingerprint density at radius 1 is 1.44 bits per heavy atom. The van der Waals surface area contributed by atoms with E-state index in [1.807, 2.05) is 18.9 Å². The van der Waals surface area contributed by atoms with Crippen LogP contribution in [-0.4, -0.2) is 30.3 Å². The van der Waals surface area contributed by atoms with Crippen LogP contribution in [0.2, 0.25) is 0 Å². The van der Waals surface area contributed by atoms with Gasteiger partial charge in [0.05, 0.1) is 6.54 Å². The molecule has 0 aromatic carbocycles. The van der Waals surface area contributed by atoms with Crippen LogP contribution >= 0.6 is 11.3 Å². The van der Waals surface area contributed by atoms with E-state index >= 15 is 0 Å². The Morgan fingerprint density at radius 2 is 2.33 bits per heavy atom. The Kier molecular flexibility index (Phi) is 4.72. The van der Waals surface area contributed by atoms with Crippen LogP contribution in [0.5, 0.6) is 0 Å². The van der Waals surface area contributed by atoms with Crippen LogP contribution in [0.15, 0.2) is 21.9 Å². The zero-order valence-corrected chi connectivity index (χ0v) is 11.5. The van der Waals surface area contributed by atoms with Gasteiger partial charge in [0.1, 0.15) is 0 Å². The minimum Gasteiger partial charge on any atom is -0.407 e. The highest BCUT2D eigenvalue weighted by Crippen LogP contribution is 2.13. The summed E-state index contributed by atoms with van der Waals surface area (Å²) in [6.45, 7) is 4.45. The molecule has 0 saturated carbocycles. The van der Waals surface area contributed by atoms with Gasteiger partial charge >= 0.3 is 6.01 Å². The summed E-state index contributed by atoms with van der Waals surface area (Å²) in [6.07, 6.45) is 0.999. The van der Waals surface area contributed by atoms with Crippen LogP contribution in [0, 0.1) is 0 Å². The first-order valence-corrected chi connectivity index (χ1v) is 6.94. The van der Waals surface area contributed by atoms with Crippen molar-refractivity contribution in [2.75, 3.05) is 25.0 Å². The number of aromatic nitrogens is 2. The molecular weight excluding hydrogens is 248 g/mol. The molecule has 0 spiro atoms. The Balaban J connectivity index is 1.84. The van der Waals surface area contributed by atoms with Gasteiger partial charge in [-0.05, 0) is 24.4 Å². The van der Waals surface area contributed by atoms with E-state index in [4.69, 9.17) is 4.42 Å². The molecule has 0 bridgehead atoms. The largest absolute Gasteiger partial charge is 0.407 e. The van der Waals surface area contributed by atoms with Crippen LogP contribution < -0.4 is 10.2 Å². The number of anilines is 1. The second-order valence-corrected chi connectivity index (χ2v) is 5.04. The first-order chi connectivity index (χ1) is 8.79. The number of likely N-dealkylation sites (N-methyl/N-ethyl adjacent to an activating group) is 1. The zero-order chi connectivity index (χ0) is 12.8. The van der Waals surface area contributed by atoms with Crippen molar-refractivity contribution in [1.82, 2.24) is 15.5 Å². The summed E-state index contributed by atoms with van der Waals surface area (Å²) in [5, 5.41) is 13.3. The van der Waals surface area contributed by atoms with Gasteiger partial charge in [0, 0.05) is 18.5 Å². The van der Waals surface area contributed by atoms with E-state index in [-0.39, 0.29) is 0 Å². The fraction of sp³-hybridized carbons (Fsp3) is 0.500. The highest BCUT2D eigenvalue weighted by atomic mass is 32.1. The lowest BCUT2D eigenvalue weighted by molar-refractivity contribution is 0.469. The second-order valence-electron chi connectivity index (χ2n) is 4.01. The van der Waals surface area contributed by atoms with E-state index in [1.165, 1.54) is 4.88 Å². The lowest BCUT2D eigenvalue weighted by Crippen LogP contribution is -2.20. The van der Waals surface area contributed by atoms with Gasteiger partial charge in [0.15, 0.2) is 0 Å². The van der Waals surface area contributed by atoms with E-state index in [0.717, 1.165) is 19.5 Å². The number of rotatable bonds is 7. The smallest absolute Gasteiger partial charge is 0.317 e. The zero-order valence-electron chi connectivity index (χ0n) is 10.7. The molecular formula is C12H18N4OS. The fourth-order valence-electron chi connectivity index (χ4n) is 1.53. The summed E-state index contributed by atoms with van der Waals surface area (Å²) in [7, 11) is 1.97. The number of hydrogen-bond acceptors (Lipinski definition) is 6. The standard InChI is InChI=1S/C12H18N4OS/c1-3-13-9-11-14-15-12(17-11)16(2)7-6-10-5-4-8-18-10/h4-5,8,13H,3,6-7,9H2,1-2H3. The molecule has 0 aliphatic heterocycles. The molecule has 1 N–H and O–H groups in total. The lowest BCUT2D eigenvalue weighted by Gasteiger charge is -2.12. The fourth-order valence-corrected chi connectivity index (χ4v) is 2.23. The maximum atomic E-state index is 5.56. The molecule has 5 nitrogen and oxygen atoms in total. The van der Waals surface area contributed by atoms with Gasteiger partial charge in [0.2, 0.25) is 5.89 Å². The highest BCUT2D eigenvalue weighted by molar-refractivity contribution is 7.09. The molecule has 2 rings (SSSR count). The van der Waals surface area contributed by atoms with Crippen LogP contribution in [-0.2, 0) is 13.0 Å². The number of thiophene rings is 1. The molecule has 6 heteroatoms. The van der Waals surface area contributed by atoms with Crippen molar-refractivity contribution in [3.8, 4) is 0 Å². The summed E-state index contributed by atoms with van der Waals surface area (Å²) in [4.78, 5) is 3.36. The summed E-state index contributed by atoms with van der Waals surface area (Å²) < 4.78 is 5.56. The third-order valence-corrected chi connectivity index (χ3v) is 3.52.